The summed E-state index contributed by atoms with van der Waals surface area (Å²) in [6, 6.07) is 0. The van der Waals surface area contributed by atoms with Crippen molar-refractivity contribution in [3.8, 4) is 0 Å². The van der Waals surface area contributed by atoms with Gasteiger partial charge >= 0.3 is 166 Å². The standard InChI is InChI=1S/C16H33.3C4H9.Sb.H/c1-3-5-7-9-11-13-15-16-14-12-10-8-6-4-2;3*1-3-4-2;;/h1,3-16H2,2H3;3*1,3-4H2,2H3;;. The Kier molecular flexibility index (Phi) is 24.1. The van der Waals surface area contributed by atoms with E-state index in [0.29, 0.717) is 0 Å². The quantitative estimate of drug-likeness (QED) is 0.0879. The van der Waals surface area contributed by atoms with Crippen LogP contribution in [-0.2, 0) is 0 Å². The summed E-state index contributed by atoms with van der Waals surface area (Å²) in [4.78, 5) is 0. The van der Waals surface area contributed by atoms with Crippen LogP contribution >= 0.6 is 0 Å². The van der Waals surface area contributed by atoms with E-state index in [4.69, 9.17) is 0 Å². The van der Waals surface area contributed by atoms with Crippen molar-refractivity contribution in [3.05, 3.63) is 0 Å². The average molecular weight is 520 g/mol. The van der Waals surface area contributed by atoms with Crippen LogP contribution < -0.4 is 0 Å². The Morgan fingerprint density at radius 2 is 0.517 bits per heavy atom. The Hall–Kier alpha value is 0.818. The molecule has 0 fully saturated rings. The summed E-state index contributed by atoms with van der Waals surface area (Å²) in [5.41, 5.74) is 0. The van der Waals surface area contributed by atoms with Crippen LogP contribution in [0.1, 0.15) is 156 Å². The fraction of sp³-hybridized carbons (Fsp3) is 1.00. The molecule has 0 unspecified atom stereocenters. The van der Waals surface area contributed by atoms with Crippen molar-refractivity contribution in [3.63, 3.8) is 0 Å². The second kappa shape index (κ2) is 23.5. The van der Waals surface area contributed by atoms with Crippen LogP contribution in [0.3, 0.4) is 0 Å². The van der Waals surface area contributed by atoms with E-state index in [9.17, 15) is 0 Å². The zero-order valence-corrected chi connectivity index (χ0v) is 24.3. The van der Waals surface area contributed by atoms with Gasteiger partial charge < -0.3 is 0 Å². The summed E-state index contributed by atoms with van der Waals surface area (Å²) in [5.74, 6) is 0. The van der Waals surface area contributed by atoms with Crippen molar-refractivity contribution in [2.24, 2.45) is 0 Å². The Labute approximate surface area is 191 Å². The Balaban J connectivity index is 3.79. The fourth-order valence-corrected chi connectivity index (χ4v) is 21.7. The van der Waals surface area contributed by atoms with E-state index in [1.54, 1.807) is 49.6 Å². The number of rotatable bonds is 24. The van der Waals surface area contributed by atoms with Crippen molar-refractivity contribution in [2.75, 3.05) is 0 Å². The Bertz CT molecular complexity index is 277. The van der Waals surface area contributed by atoms with Crippen LogP contribution in [0.15, 0.2) is 0 Å². The molecule has 0 saturated carbocycles. The summed E-state index contributed by atoms with van der Waals surface area (Å²) in [6.45, 7) is 9.53. The minimum absolute atomic E-state index is 1.38. The van der Waals surface area contributed by atoms with Gasteiger partial charge in [-0.3, -0.25) is 0 Å². The zero-order chi connectivity index (χ0) is 21.5. The van der Waals surface area contributed by atoms with Gasteiger partial charge in [0.05, 0.1) is 0 Å². The van der Waals surface area contributed by atoms with Crippen LogP contribution in [0.2, 0.25) is 17.5 Å². The molecule has 0 spiro atoms. The first-order chi connectivity index (χ1) is 14.2. The van der Waals surface area contributed by atoms with Gasteiger partial charge in [0.1, 0.15) is 0 Å². The molecule has 29 heavy (non-hydrogen) atoms. The van der Waals surface area contributed by atoms with Gasteiger partial charge in [0.25, 0.3) is 0 Å². The molecule has 0 aromatic heterocycles. The molecular formula is C28H61Sb. The molecule has 0 nitrogen and oxygen atoms in total. The first kappa shape index (κ1) is 29.8. The minimum atomic E-state index is -1.81. The molecule has 0 bridgehead atoms. The maximum absolute atomic E-state index is 2.41. The van der Waals surface area contributed by atoms with Crippen molar-refractivity contribution >= 4 is 18.8 Å². The van der Waals surface area contributed by atoms with Gasteiger partial charge in [0, 0.05) is 0 Å². The number of unbranched alkanes of at least 4 members (excludes halogenated alkanes) is 16. The summed E-state index contributed by atoms with van der Waals surface area (Å²) in [5, 5.41) is 0. The molecular weight excluding hydrogens is 458 g/mol. The molecule has 0 N–H and O–H groups in total. The third-order valence-corrected chi connectivity index (χ3v) is 23.4. The molecule has 0 aliphatic carbocycles. The SMILES string of the molecule is CCCCCCCCCCCCCCC[CH2][SbH]([CH2]CCC)([CH2]CCC)[CH2]CCC. The predicted octanol–water partition coefficient (Wildman–Crippen LogP) is 11.0. The molecule has 0 aliphatic rings. The predicted molar refractivity (Wildman–Crippen MR) is 141 cm³/mol. The second-order valence-electron chi connectivity index (χ2n) is 10.2. The average Bonchev–Trinajstić information content (AvgIpc) is 2.74. The second-order valence-corrected chi connectivity index (χ2v) is 24.4. The Morgan fingerprint density at radius 3 is 0.828 bits per heavy atom. The van der Waals surface area contributed by atoms with Crippen molar-refractivity contribution in [1.29, 1.82) is 0 Å². The van der Waals surface area contributed by atoms with E-state index in [1.165, 1.54) is 96.3 Å². The van der Waals surface area contributed by atoms with Crippen LogP contribution in [0.25, 0.3) is 0 Å². The van der Waals surface area contributed by atoms with Crippen molar-refractivity contribution < 1.29 is 0 Å². The van der Waals surface area contributed by atoms with Gasteiger partial charge in [-0.1, -0.05) is 26.2 Å². The molecule has 0 rings (SSSR count). The summed E-state index contributed by atoms with van der Waals surface area (Å²) in [7, 11) is 0. The van der Waals surface area contributed by atoms with E-state index in [0.717, 1.165) is 0 Å². The van der Waals surface area contributed by atoms with Crippen molar-refractivity contribution in [1.82, 2.24) is 0 Å². The monoisotopic (exact) mass is 518 g/mol. The molecule has 0 aliphatic heterocycles. The molecule has 0 heterocycles. The normalized spacial score (nSPS) is 12.6. The molecule has 0 amide bonds. The summed E-state index contributed by atoms with van der Waals surface area (Å²) in [6.07, 6.45) is 29.8. The van der Waals surface area contributed by atoms with Crippen LogP contribution in [-0.4, -0.2) is 18.8 Å². The van der Waals surface area contributed by atoms with Gasteiger partial charge in [-0.15, -0.1) is 0 Å². The Morgan fingerprint density at radius 1 is 0.276 bits per heavy atom. The fourth-order valence-electron chi connectivity index (χ4n) is 5.10. The molecule has 0 aromatic rings. The van der Waals surface area contributed by atoms with Gasteiger partial charge in [-0.25, -0.2) is 0 Å². The van der Waals surface area contributed by atoms with E-state index < -0.39 is 18.8 Å². The van der Waals surface area contributed by atoms with Gasteiger partial charge in [0.2, 0.25) is 0 Å². The third-order valence-electron chi connectivity index (χ3n) is 7.24. The van der Waals surface area contributed by atoms with Gasteiger partial charge in [-0.05, 0) is 0 Å². The number of hydrogen-bond acceptors (Lipinski definition) is 0. The molecule has 0 aromatic carbocycles. The van der Waals surface area contributed by atoms with Gasteiger partial charge in [0.15, 0.2) is 0 Å². The topological polar surface area (TPSA) is 0 Å². The van der Waals surface area contributed by atoms with Crippen molar-refractivity contribution in [2.45, 2.75) is 174 Å². The van der Waals surface area contributed by atoms with Gasteiger partial charge in [-0.2, -0.15) is 0 Å². The molecule has 0 atom stereocenters. The molecule has 178 valence electrons. The molecule has 1 heteroatoms. The van der Waals surface area contributed by atoms with Crippen LogP contribution in [0, 0.1) is 0 Å². The summed E-state index contributed by atoms with van der Waals surface area (Å²) >= 11 is -1.81. The first-order valence-corrected chi connectivity index (χ1v) is 22.3. The molecule has 0 saturated heterocycles. The van der Waals surface area contributed by atoms with E-state index >= 15 is 0 Å². The zero-order valence-electron chi connectivity index (χ0n) is 21.5. The number of hydrogen-bond donors (Lipinski definition) is 0. The third kappa shape index (κ3) is 19.2. The van der Waals surface area contributed by atoms with E-state index in [2.05, 4.69) is 27.7 Å². The maximum atomic E-state index is 2.41. The first-order valence-electron chi connectivity index (χ1n) is 14.2. The summed E-state index contributed by atoms with van der Waals surface area (Å²) < 4.78 is 6.86. The van der Waals surface area contributed by atoms with Crippen LogP contribution in [0.5, 0.6) is 0 Å². The van der Waals surface area contributed by atoms with E-state index in [1.807, 2.05) is 0 Å². The van der Waals surface area contributed by atoms with E-state index in [-0.39, 0.29) is 0 Å². The molecule has 0 radical (unpaired) electrons. The van der Waals surface area contributed by atoms with Crippen LogP contribution in [0.4, 0.5) is 0 Å².